The van der Waals surface area contributed by atoms with Gasteiger partial charge in [0, 0.05) is 19.3 Å². The van der Waals surface area contributed by atoms with Crippen LogP contribution in [0.15, 0.2) is 24.3 Å². The van der Waals surface area contributed by atoms with Crippen LogP contribution >= 0.6 is 0 Å². The van der Waals surface area contributed by atoms with Crippen LogP contribution in [0.5, 0.6) is 5.75 Å². The quantitative estimate of drug-likeness (QED) is 0.695. The van der Waals surface area contributed by atoms with Crippen LogP contribution in [-0.2, 0) is 14.3 Å². The lowest BCUT2D eigenvalue weighted by atomic mass is 9.93. The van der Waals surface area contributed by atoms with Gasteiger partial charge in [-0.25, -0.2) is 0 Å². The maximum Gasteiger partial charge on any atom is 0.305 e. The number of carbonyl (C=O) groups is 2. The molecule has 0 radical (unpaired) electrons. The van der Waals surface area contributed by atoms with Gasteiger partial charge < -0.3 is 24.6 Å². The van der Waals surface area contributed by atoms with Gasteiger partial charge in [0.15, 0.2) is 0 Å². The van der Waals surface area contributed by atoms with Crippen LogP contribution in [0.3, 0.4) is 0 Å². The summed E-state index contributed by atoms with van der Waals surface area (Å²) in [5.74, 6) is -0.638. The zero-order valence-electron chi connectivity index (χ0n) is 13.0. The molecule has 2 N–H and O–H groups in total. The topological polar surface area (TPSA) is 94.1 Å². The van der Waals surface area contributed by atoms with E-state index in [1.807, 2.05) is 0 Å². The molecule has 1 unspecified atom stereocenters. The zero-order valence-corrected chi connectivity index (χ0v) is 13.0. The molecule has 126 valence electrons. The average Bonchev–Trinajstić information content (AvgIpc) is 2.95. The first kappa shape index (κ1) is 17.2. The molecule has 7 nitrogen and oxygen atoms in total. The van der Waals surface area contributed by atoms with E-state index in [0.29, 0.717) is 37.6 Å². The van der Waals surface area contributed by atoms with Crippen LogP contribution < -0.4 is 10.1 Å². The van der Waals surface area contributed by atoms with Gasteiger partial charge in [0.25, 0.3) is 5.91 Å². The van der Waals surface area contributed by atoms with Gasteiger partial charge in [-0.1, -0.05) is 0 Å². The summed E-state index contributed by atoms with van der Waals surface area (Å²) in [6, 6.07) is 6.67. The van der Waals surface area contributed by atoms with Crippen molar-refractivity contribution < 1.29 is 28.9 Å². The monoisotopic (exact) mass is 323 g/mol. The number of carbonyl (C=O) groups excluding carboxylic acids is 1. The predicted octanol–water partition coefficient (Wildman–Crippen LogP) is 1.08. The van der Waals surface area contributed by atoms with Gasteiger partial charge in [0.2, 0.25) is 0 Å². The third-order valence-electron chi connectivity index (χ3n) is 3.64. The lowest BCUT2D eigenvalue weighted by Crippen LogP contribution is -2.50. The Kier molecular flexibility index (Phi) is 5.95. The van der Waals surface area contributed by atoms with E-state index >= 15 is 0 Å². The number of nitrogens with one attached hydrogen (secondary N) is 1. The molecule has 7 heteroatoms. The molecule has 0 saturated carbocycles. The zero-order chi connectivity index (χ0) is 16.7. The van der Waals surface area contributed by atoms with Crippen molar-refractivity contribution in [2.75, 3.05) is 33.5 Å². The van der Waals surface area contributed by atoms with Gasteiger partial charge in [-0.15, -0.1) is 0 Å². The Labute approximate surface area is 134 Å². The number of aliphatic carboxylic acids is 1. The number of amides is 1. The largest absolute Gasteiger partial charge is 0.491 e. The molecular formula is C16H21NO6. The van der Waals surface area contributed by atoms with Gasteiger partial charge in [-0.05, 0) is 30.7 Å². The number of hydrogen-bond donors (Lipinski definition) is 2. The SMILES string of the molecule is COCCOc1ccc(C(=O)NC2(CC(=O)O)CCOC2)cc1. The summed E-state index contributed by atoms with van der Waals surface area (Å²) in [6.45, 7) is 1.57. The maximum atomic E-state index is 12.3. The Morgan fingerprint density at radius 3 is 2.61 bits per heavy atom. The maximum absolute atomic E-state index is 12.3. The van der Waals surface area contributed by atoms with Crippen LogP contribution in [0.4, 0.5) is 0 Å². The third kappa shape index (κ3) is 4.94. The van der Waals surface area contributed by atoms with Crippen LogP contribution in [-0.4, -0.2) is 56.1 Å². The van der Waals surface area contributed by atoms with E-state index < -0.39 is 11.5 Å². The minimum atomic E-state index is -0.960. The number of ether oxygens (including phenoxy) is 3. The second-order valence-corrected chi connectivity index (χ2v) is 5.47. The molecule has 0 spiro atoms. The molecule has 1 aromatic rings. The molecule has 1 heterocycles. The van der Waals surface area contributed by atoms with Crippen molar-refractivity contribution in [1.29, 1.82) is 0 Å². The number of carboxylic acids is 1. The first-order valence-electron chi connectivity index (χ1n) is 7.38. The van der Waals surface area contributed by atoms with Crippen molar-refractivity contribution >= 4 is 11.9 Å². The second kappa shape index (κ2) is 7.94. The van der Waals surface area contributed by atoms with E-state index in [1.165, 1.54) is 0 Å². The molecule has 1 aliphatic heterocycles. The van der Waals surface area contributed by atoms with Crippen LogP contribution in [0.2, 0.25) is 0 Å². The van der Waals surface area contributed by atoms with E-state index in [1.54, 1.807) is 31.4 Å². The third-order valence-corrected chi connectivity index (χ3v) is 3.64. The van der Waals surface area contributed by atoms with Crippen molar-refractivity contribution in [1.82, 2.24) is 5.32 Å². The molecule has 23 heavy (non-hydrogen) atoms. The average molecular weight is 323 g/mol. The first-order valence-corrected chi connectivity index (χ1v) is 7.38. The highest BCUT2D eigenvalue weighted by Gasteiger charge is 2.38. The van der Waals surface area contributed by atoms with Crippen LogP contribution in [0, 0.1) is 0 Å². The summed E-state index contributed by atoms with van der Waals surface area (Å²) >= 11 is 0. The lowest BCUT2D eigenvalue weighted by molar-refractivity contribution is -0.138. The molecule has 2 rings (SSSR count). The van der Waals surface area contributed by atoms with E-state index in [-0.39, 0.29) is 18.9 Å². The predicted molar refractivity (Wildman–Crippen MR) is 81.7 cm³/mol. The van der Waals surface area contributed by atoms with E-state index in [9.17, 15) is 9.59 Å². The Hall–Kier alpha value is -2.12. The highest BCUT2D eigenvalue weighted by atomic mass is 16.5. The summed E-state index contributed by atoms with van der Waals surface area (Å²) in [5, 5.41) is 11.8. The molecule has 0 bridgehead atoms. The number of methoxy groups -OCH3 is 1. The standard InChI is InChI=1S/C16H21NO6/c1-21-8-9-23-13-4-2-12(3-5-13)15(20)17-16(10-14(18)19)6-7-22-11-16/h2-5H,6-11H2,1H3,(H,17,20)(H,18,19). The molecule has 1 saturated heterocycles. The van der Waals surface area contributed by atoms with Crippen molar-refractivity contribution in [3.05, 3.63) is 29.8 Å². The Bertz CT molecular complexity index is 536. The van der Waals surface area contributed by atoms with E-state index in [4.69, 9.17) is 19.3 Å². The number of rotatable bonds is 8. The van der Waals surface area contributed by atoms with Crippen LogP contribution in [0.1, 0.15) is 23.2 Å². The minimum absolute atomic E-state index is 0.156. The fraction of sp³-hybridized carbons (Fsp3) is 0.500. The summed E-state index contributed by atoms with van der Waals surface area (Å²) in [5.41, 5.74) is -0.392. The minimum Gasteiger partial charge on any atom is -0.491 e. The Morgan fingerprint density at radius 2 is 2.04 bits per heavy atom. The summed E-state index contributed by atoms with van der Waals surface area (Å²) in [7, 11) is 1.59. The molecule has 1 atom stereocenters. The Morgan fingerprint density at radius 1 is 1.30 bits per heavy atom. The van der Waals surface area contributed by atoms with Crippen molar-refractivity contribution in [2.24, 2.45) is 0 Å². The van der Waals surface area contributed by atoms with E-state index in [2.05, 4.69) is 5.32 Å². The second-order valence-electron chi connectivity index (χ2n) is 5.47. The van der Waals surface area contributed by atoms with Gasteiger partial charge in [-0.2, -0.15) is 0 Å². The Balaban J connectivity index is 1.97. The fourth-order valence-corrected chi connectivity index (χ4v) is 2.44. The highest BCUT2D eigenvalue weighted by molar-refractivity contribution is 5.95. The smallest absolute Gasteiger partial charge is 0.305 e. The lowest BCUT2D eigenvalue weighted by Gasteiger charge is -2.27. The van der Waals surface area contributed by atoms with Crippen molar-refractivity contribution in [2.45, 2.75) is 18.4 Å². The van der Waals surface area contributed by atoms with Crippen LogP contribution in [0.25, 0.3) is 0 Å². The van der Waals surface area contributed by atoms with Crippen molar-refractivity contribution in [3.8, 4) is 5.75 Å². The molecule has 0 aliphatic carbocycles. The number of carboxylic acid groups (broad SMARTS) is 1. The van der Waals surface area contributed by atoms with Gasteiger partial charge in [0.05, 0.1) is 25.2 Å². The number of hydrogen-bond acceptors (Lipinski definition) is 5. The molecule has 1 aromatic carbocycles. The summed E-state index contributed by atoms with van der Waals surface area (Å²) in [6.07, 6.45) is 0.334. The normalized spacial score (nSPS) is 20.2. The molecular weight excluding hydrogens is 302 g/mol. The van der Waals surface area contributed by atoms with Gasteiger partial charge in [-0.3, -0.25) is 9.59 Å². The van der Waals surface area contributed by atoms with Gasteiger partial charge >= 0.3 is 5.97 Å². The molecule has 1 fully saturated rings. The highest BCUT2D eigenvalue weighted by Crippen LogP contribution is 2.23. The van der Waals surface area contributed by atoms with Crippen molar-refractivity contribution in [3.63, 3.8) is 0 Å². The molecule has 1 amide bonds. The summed E-state index contributed by atoms with van der Waals surface area (Å²) < 4.78 is 15.6. The summed E-state index contributed by atoms with van der Waals surface area (Å²) in [4.78, 5) is 23.4. The molecule has 1 aliphatic rings. The van der Waals surface area contributed by atoms with E-state index in [0.717, 1.165) is 0 Å². The first-order chi connectivity index (χ1) is 11.0. The molecule has 0 aromatic heterocycles. The number of benzene rings is 1. The fourth-order valence-electron chi connectivity index (χ4n) is 2.44. The van der Waals surface area contributed by atoms with Gasteiger partial charge in [0.1, 0.15) is 12.4 Å².